The molecule has 15 heavy (non-hydrogen) atoms. The van der Waals surface area contributed by atoms with E-state index in [0.717, 1.165) is 13.1 Å². The van der Waals surface area contributed by atoms with Crippen molar-refractivity contribution in [2.24, 2.45) is 0 Å². The minimum absolute atomic E-state index is 0.132. The van der Waals surface area contributed by atoms with Gasteiger partial charge in [-0.25, -0.2) is 0 Å². The molecule has 1 fully saturated rings. The Hall–Kier alpha value is -1.02. The molecule has 1 heterocycles. The number of benzene rings is 1. The molecule has 0 amide bonds. The molecule has 82 valence electrons. The molecule has 1 saturated heterocycles. The quantitative estimate of drug-likeness (QED) is 0.759. The average molecular weight is 205 g/mol. The Balaban J connectivity index is 2.11. The van der Waals surface area contributed by atoms with Crippen LogP contribution in [0.3, 0.4) is 0 Å². The maximum Gasteiger partial charge on any atom is 0.0889 e. The standard InChI is InChI=1S/C13H19NO/c1-13(2,3)10-4-6-11(7-5-10)14-8-12(15)9-14/h4-7,12,15H,8-9H2,1-3H3. The van der Waals surface area contributed by atoms with Crippen molar-refractivity contribution in [2.45, 2.75) is 32.3 Å². The Bertz CT molecular complexity index is 331. The number of β-amino-alcohol motifs (C(OH)–C–C–N with tert-alkyl or cyclic N) is 1. The molecular formula is C13H19NO. The van der Waals surface area contributed by atoms with Crippen LogP contribution in [0.2, 0.25) is 0 Å². The Morgan fingerprint density at radius 3 is 2.07 bits per heavy atom. The summed E-state index contributed by atoms with van der Waals surface area (Å²) >= 11 is 0. The van der Waals surface area contributed by atoms with E-state index in [1.54, 1.807) is 0 Å². The Labute approximate surface area is 91.5 Å². The predicted octanol–water partition coefficient (Wildman–Crippen LogP) is 2.17. The number of anilines is 1. The van der Waals surface area contributed by atoms with Crippen LogP contribution in [0, 0.1) is 0 Å². The van der Waals surface area contributed by atoms with Crippen molar-refractivity contribution in [3.05, 3.63) is 29.8 Å². The summed E-state index contributed by atoms with van der Waals surface area (Å²) in [5.74, 6) is 0. The van der Waals surface area contributed by atoms with Gasteiger partial charge in [0.2, 0.25) is 0 Å². The first kappa shape index (κ1) is 10.5. The van der Waals surface area contributed by atoms with Crippen LogP contribution in [0.5, 0.6) is 0 Å². The van der Waals surface area contributed by atoms with Crippen LogP contribution in [-0.2, 0) is 5.41 Å². The number of hydrogen-bond donors (Lipinski definition) is 1. The maximum absolute atomic E-state index is 9.22. The molecule has 0 saturated carbocycles. The third kappa shape index (κ3) is 2.15. The summed E-state index contributed by atoms with van der Waals surface area (Å²) in [5.41, 5.74) is 2.79. The van der Waals surface area contributed by atoms with E-state index in [-0.39, 0.29) is 11.5 Å². The zero-order valence-electron chi connectivity index (χ0n) is 9.70. The molecule has 1 aliphatic heterocycles. The van der Waals surface area contributed by atoms with Gasteiger partial charge in [-0.05, 0) is 23.1 Å². The summed E-state index contributed by atoms with van der Waals surface area (Å²) in [4.78, 5) is 2.19. The molecule has 1 N–H and O–H groups in total. The largest absolute Gasteiger partial charge is 0.389 e. The number of hydrogen-bond acceptors (Lipinski definition) is 2. The van der Waals surface area contributed by atoms with Crippen molar-refractivity contribution in [3.8, 4) is 0 Å². The monoisotopic (exact) mass is 205 g/mol. The fraction of sp³-hybridized carbons (Fsp3) is 0.538. The van der Waals surface area contributed by atoms with Crippen LogP contribution in [0.25, 0.3) is 0 Å². The second-order valence-electron chi connectivity index (χ2n) is 5.36. The fourth-order valence-corrected chi connectivity index (χ4v) is 1.84. The van der Waals surface area contributed by atoms with Crippen LogP contribution < -0.4 is 4.90 Å². The third-order valence-corrected chi connectivity index (χ3v) is 2.96. The average Bonchev–Trinajstić information content (AvgIpc) is 2.12. The number of aliphatic hydroxyl groups excluding tert-OH is 1. The van der Waals surface area contributed by atoms with Crippen LogP contribution in [-0.4, -0.2) is 24.3 Å². The number of nitrogens with zero attached hydrogens (tertiary/aromatic N) is 1. The number of rotatable bonds is 1. The summed E-state index contributed by atoms with van der Waals surface area (Å²) < 4.78 is 0. The second kappa shape index (κ2) is 3.53. The highest BCUT2D eigenvalue weighted by Crippen LogP contribution is 2.26. The predicted molar refractivity (Wildman–Crippen MR) is 63.4 cm³/mol. The second-order valence-corrected chi connectivity index (χ2v) is 5.36. The molecular weight excluding hydrogens is 186 g/mol. The van der Waals surface area contributed by atoms with E-state index in [0.29, 0.717) is 0 Å². The minimum atomic E-state index is -0.132. The van der Waals surface area contributed by atoms with Gasteiger partial charge in [0.25, 0.3) is 0 Å². The molecule has 0 spiro atoms. The molecule has 1 aromatic rings. The van der Waals surface area contributed by atoms with E-state index in [1.807, 2.05) is 0 Å². The maximum atomic E-state index is 9.22. The molecule has 2 nitrogen and oxygen atoms in total. The summed E-state index contributed by atoms with van der Waals surface area (Å²) in [7, 11) is 0. The van der Waals surface area contributed by atoms with Crippen molar-refractivity contribution in [3.63, 3.8) is 0 Å². The van der Waals surface area contributed by atoms with Gasteiger partial charge >= 0.3 is 0 Å². The molecule has 0 atom stereocenters. The highest BCUT2D eigenvalue weighted by molar-refractivity contribution is 5.50. The van der Waals surface area contributed by atoms with Crippen molar-refractivity contribution in [1.82, 2.24) is 0 Å². The zero-order chi connectivity index (χ0) is 11.1. The lowest BCUT2D eigenvalue weighted by Crippen LogP contribution is -2.50. The van der Waals surface area contributed by atoms with E-state index in [1.165, 1.54) is 11.3 Å². The van der Waals surface area contributed by atoms with Gasteiger partial charge in [0.05, 0.1) is 6.10 Å². The SMILES string of the molecule is CC(C)(C)c1ccc(N2CC(O)C2)cc1. The first-order valence-electron chi connectivity index (χ1n) is 5.50. The molecule has 0 radical (unpaired) electrons. The minimum Gasteiger partial charge on any atom is -0.389 e. The highest BCUT2D eigenvalue weighted by Gasteiger charge is 2.24. The molecule has 1 aliphatic rings. The van der Waals surface area contributed by atoms with Gasteiger partial charge in [-0.2, -0.15) is 0 Å². The van der Waals surface area contributed by atoms with Gasteiger partial charge in [0.15, 0.2) is 0 Å². The van der Waals surface area contributed by atoms with E-state index >= 15 is 0 Å². The van der Waals surface area contributed by atoms with E-state index in [2.05, 4.69) is 49.9 Å². The van der Waals surface area contributed by atoms with Gasteiger partial charge in [-0.3, -0.25) is 0 Å². The topological polar surface area (TPSA) is 23.5 Å². The van der Waals surface area contributed by atoms with Gasteiger partial charge < -0.3 is 10.0 Å². The van der Waals surface area contributed by atoms with E-state index < -0.39 is 0 Å². The lowest BCUT2D eigenvalue weighted by atomic mass is 9.87. The molecule has 1 aromatic carbocycles. The van der Waals surface area contributed by atoms with Crippen LogP contribution in [0.4, 0.5) is 5.69 Å². The molecule has 2 rings (SSSR count). The zero-order valence-corrected chi connectivity index (χ0v) is 9.70. The molecule has 0 unspecified atom stereocenters. The third-order valence-electron chi connectivity index (χ3n) is 2.96. The smallest absolute Gasteiger partial charge is 0.0889 e. The van der Waals surface area contributed by atoms with Gasteiger partial charge in [0.1, 0.15) is 0 Å². The van der Waals surface area contributed by atoms with Crippen LogP contribution in [0.15, 0.2) is 24.3 Å². The summed E-state index contributed by atoms with van der Waals surface area (Å²) in [6.45, 7) is 8.20. The molecule has 2 heteroatoms. The Morgan fingerprint density at radius 1 is 1.13 bits per heavy atom. The molecule has 0 bridgehead atoms. The van der Waals surface area contributed by atoms with Crippen molar-refractivity contribution in [2.75, 3.05) is 18.0 Å². The lowest BCUT2D eigenvalue weighted by Gasteiger charge is -2.38. The van der Waals surface area contributed by atoms with Gasteiger partial charge in [0, 0.05) is 18.8 Å². The van der Waals surface area contributed by atoms with Crippen molar-refractivity contribution in [1.29, 1.82) is 0 Å². The summed E-state index contributed by atoms with van der Waals surface area (Å²) in [6.07, 6.45) is -0.132. The van der Waals surface area contributed by atoms with Crippen LogP contribution >= 0.6 is 0 Å². The molecule has 0 aromatic heterocycles. The first-order chi connectivity index (χ1) is 6.97. The first-order valence-corrected chi connectivity index (χ1v) is 5.50. The number of aliphatic hydroxyl groups is 1. The Kier molecular flexibility index (Phi) is 2.47. The highest BCUT2D eigenvalue weighted by atomic mass is 16.3. The normalized spacial score (nSPS) is 17.7. The fourth-order valence-electron chi connectivity index (χ4n) is 1.84. The van der Waals surface area contributed by atoms with Gasteiger partial charge in [-0.1, -0.05) is 32.9 Å². The van der Waals surface area contributed by atoms with Gasteiger partial charge in [-0.15, -0.1) is 0 Å². The molecule has 0 aliphatic carbocycles. The Morgan fingerprint density at radius 2 is 1.67 bits per heavy atom. The summed E-state index contributed by atoms with van der Waals surface area (Å²) in [5, 5.41) is 9.22. The lowest BCUT2D eigenvalue weighted by molar-refractivity contribution is 0.142. The van der Waals surface area contributed by atoms with Crippen molar-refractivity contribution < 1.29 is 5.11 Å². The summed E-state index contributed by atoms with van der Waals surface area (Å²) in [6, 6.07) is 8.65. The van der Waals surface area contributed by atoms with Crippen molar-refractivity contribution >= 4 is 5.69 Å². The van der Waals surface area contributed by atoms with E-state index in [4.69, 9.17) is 0 Å². The van der Waals surface area contributed by atoms with Crippen LogP contribution in [0.1, 0.15) is 26.3 Å². The van der Waals surface area contributed by atoms with E-state index in [9.17, 15) is 5.11 Å².